The van der Waals surface area contributed by atoms with E-state index in [0.717, 1.165) is 34.9 Å². The summed E-state index contributed by atoms with van der Waals surface area (Å²) >= 11 is 0.955. The fourth-order valence-electron chi connectivity index (χ4n) is 3.44. The second kappa shape index (κ2) is 10.3. The fraction of sp³-hybridized carbons (Fsp3) is 0.148. The van der Waals surface area contributed by atoms with Crippen LogP contribution in [0.1, 0.15) is 29.3 Å². The summed E-state index contributed by atoms with van der Waals surface area (Å²) in [7, 11) is 0. The monoisotopic (exact) mass is 457 g/mol. The van der Waals surface area contributed by atoms with Gasteiger partial charge >= 0.3 is 0 Å². The Morgan fingerprint density at radius 3 is 2.24 bits per heavy atom. The number of nitrogens with zero attached hydrogens (tertiary/aromatic N) is 1. The Hall–Kier alpha value is -3.64. The van der Waals surface area contributed by atoms with Gasteiger partial charge in [0, 0.05) is 12.1 Å². The van der Waals surface area contributed by atoms with Crippen LogP contribution in [-0.4, -0.2) is 35.0 Å². The van der Waals surface area contributed by atoms with Crippen molar-refractivity contribution in [1.29, 1.82) is 0 Å². The molecular weight excluding hydrogens is 434 g/mol. The van der Waals surface area contributed by atoms with Crippen LogP contribution < -0.4 is 4.74 Å². The van der Waals surface area contributed by atoms with E-state index in [1.165, 1.54) is 4.90 Å². The second-order valence-corrected chi connectivity index (χ2v) is 8.55. The molecule has 1 fully saturated rings. The Labute approximate surface area is 197 Å². The summed E-state index contributed by atoms with van der Waals surface area (Å²) in [6.45, 7) is 2.29. The summed E-state index contributed by atoms with van der Waals surface area (Å²) in [6.07, 6.45) is 2.43. The molecule has 1 heterocycles. The maximum absolute atomic E-state index is 12.5. The molecule has 0 aromatic heterocycles. The van der Waals surface area contributed by atoms with Gasteiger partial charge in [-0.3, -0.25) is 19.3 Å². The van der Waals surface area contributed by atoms with E-state index in [0.29, 0.717) is 22.8 Å². The van der Waals surface area contributed by atoms with Crippen molar-refractivity contribution >= 4 is 34.8 Å². The molecule has 5 nitrogen and oxygen atoms in total. The highest BCUT2D eigenvalue weighted by molar-refractivity contribution is 8.18. The molecule has 166 valence electrons. The minimum Gasteiger partial charge on any atom is -0.485 e. The second-order valence-electron chi connectivity index (χ2n) is 7.56. The molecule has 4 rings (SSSR count). The average molecular weight is 458 g/mol. The smallest absolute Gasteiger partial charge is 0.293 e. The van der Waals surface area contributed by atoms with Crippen LogP contribution in [0.5, 0.6) is 5.75 Å². The maximum Gasteiger partial charge on any atom is 0.293 e. The molecule has 33 heavy (non-hydrogen) atoms. The Kier molecular flexibility index (Phi) is 7.05. The third-order valence-electron chi connectivity index (χ3n) is 5.18. The highest BCUT2D eigenvalue weighted by Gasteiger charge is 2.34. The lowest BCUT2D eigenvalue weighted by Crippen LogP contribution is -2.28. The fourth-order valence-corrected chi connectivity index (χ4v) is 4.30. The molecule has 0 N–H and O–H groups in total. The van der Waals surface area contributed by atoms with Crippen molar-refractivity contribution in [2.75, 3.05) is 13.2 Å². The van der Waals surface area contributed by atoms with Crippen LogP contribution in [0.3, 0.4) is 0 Å². The Morgan fingerprint density at radius 1 is 0.909 bits per heavy atom. The van der Waals surface area contributed by atoms with Crippen molar-refractivity contribution in [2.24, 2.45) is 0 Å². The number of carbonyl (C=O) groups excluding carboxylic acids is 3. The van der Waals surface area contributed by atoms with E-state index in [4.69, 9.17) is 4.74 Å². The number of hydrogen-bond acceptors (Lipinski definition) is 5. The molecule has 1 saturated heterocycles. The molecule has 2 amide bonds. The van der Waals surface area contributed by atoms with Crippen LogP contribution in [0, 0.1) is 0 Å². The van der Waals surface area contributed by atoms with Gasteiger partial charge in [-0.15, -0.1) is 0 Å². The minimum atomic E-state index is -0.254. The predicted octanol–water partition coefficient (Wildman–Crippen LogP) is 6.06. The first-order chi connectivity index (χ1) is 16.0. The van der Waals surface area contributed by atoms with Gasteiger partial charge in [0.05, 0.1) is 4.91 Å². The van der Waals surface area contributed by atoms with Gasteiger partial charge in [0.15, 0.2) is 12.4 Å². The van der Waals surface area contributed by atoms with Gasteiger partial charge in [-0.2, -0.15) is 0 Å². The van der Waals surface area contributed by atoms with Crippen LogP contribution >= 0.6 is 11.8 Å². The number of thioether (sulfide) groups is 1. The molecule has 1 aliphatic rings. The normalized spacial score (nSPS) is 14.7. The molecule has 0 aliphatic carbocycles. The number of hydrogen-bond donors (Lipinski definition) is 0. The standard InChI is InChI=1S/C27H23NO4S/c1-2-16-28-26(30)25(33-27(28)31)17-19-8-14-23(15-9-19)32-18-24(29)22-12-10-21(11-13-22)20-6-4-3-5-7-20/h3-15,17H,2,16,18H2,1H3/b25-17-. The quantitative estimate of drug-likeness (QED) is 0.304. The number of benzene rings is 3. The van der Waals surface area contributed by atoms with Crippen molar-refractivity contribution in [3.63, 3.8) is 0 Å². The molecule has 0 radical (unpaired) electrons. The van der Waals surface area contributed by atoms with Gasteiger partial charge in [0.2, 0.25) is 0 Å². The van der Waals surface area contributed by atoms with Crippen LogP contribution in [0.4, 0.5) is 4.79 Å². The average Bonchev–Trinajstić information content (AvgIpc) is 3.11. The van der Waals surface area contributed by atoms with Crippen molar-refractivity contribution in [2.45, 2.75) is 13.3 Å². The van der Waals surface area contributed by atoms with Gasteiger partial charge in [-0.1, -0.05) is 73.7 Å². The molecule has 1 aliphatic heterocycles. The zero-order chi connectivity index (χ0) is 23.2. The Morgan fingerprint density at radius 2 is 1.58 bits per heavy atom. The molecule has 0 spiro atoms. The van der Waals surface area contributed by atoms with Gasteiger partial charge < -0.3 is 4.74 Å². The van der Waals surface area contributed by atoms with Crippen LogP contribution in [0.15, 0.2) is 83.8 Å². The van der Waals surface area contributed by atoms with E-state index in [-0.39, 0.29) is 23.5 Å². The van der Waals surface area contributed by atoms with E-state index in [9.17, 15) is 14.4 Å². The molecule has 0 unspecified atom stereocenters. The van der Waals surface area contributed by atoms with E-state index < -0.39 is 0 Å². The van der Waals surface area contributed by atoms with Gasteiger partial charge in [0.25, 0.3) is 11.1 Å². The van der Waals surface area contributed by atoms with E-state index in [1.807, 2.05) is 61.5 Å². The number of carbonyl (C=O) groups is 3. The summed E-state index contributed by atoms with van der Waals surface area (Å²) < 4.78 is 5.64. The number of ether oxygens (including phenoxy) is 1. The van der Waals surface area contributed by atoms with Crippen LogP contribution in [0.25, 0.3) is 17.2 Å². The summed E-state index contributed by atoms with van der Waals surface area (Å²) in [4.78, 5) is 38.5. The van der Waals surface area contributed by atoms with Crippen molar-refractivity contribution in [1.82, 2.24) is 4.90 Å². The van der Waals surface area contributed by atoms with E-state index in [2.05, 4.69) is 0 Å². The van der Waals surface area contributed by atoms with Crippen LogP contribution in [-0.2, 0) is 4.79 Å². The molecular formula is C27H23NO4S. The number of ketones is 1. The Balaban J connectivity index is 1.34. The third-order valence-corrected chi connectivity index (χ3v) is 6.09. The topological polar surface area (TPSA) is 63.7 Å². The van der Waals surface area contributed by atoms with Gasteiger partial charge in [0.1, 0.15) is 5.75 Å². The number of amides is 2. The van der Waals surface area contributed by atoms with Gasteiger partial charge in [-0.05, 0) is 53.1 Å². The SMILES string of the molecule is CCCN1C(=O)S/C(=C\c2ccc(OCC(=O)c3ccc(-c4ccccc4)cc3)cc2)C1=O. The first kappa shape index (κ1) is 22.6. The zero-order valence-electron chi connectivity index (χ0n) is 18.2. The van der Waals surface area contributed by atoms with Crippen molar-refractivity contribution in [3.8, 4) is 16.9 Å². The zero-order valence-corrected chi connectivity index (χ0v) is 19.0. The predicted molar refractivity (Wildman–Crippen MR) is 131 cm³/mol. The summed E-state index contributed by atoms with van der Waals surface area (Å²) in [6, 6.07) is 24.5. The maximum atomic E-state index is 12.5. The molecule has 6 heteroatoms. The molecule has 0 saturated carbocycles. The molecule has 3 aromatic rings. The van der Waals surface area contributed by atoms with Gasteiger partial charge in [-0.25, -0.2) is 0 Å². The number of rotatable bonds is 8. The number of imide groups is 1. The summed E-state index contributed by atoms with van der Waals surface area (Å²) in [5.41, 5.74) is 3.53. The molecule has 0 bridgehead atoms. The van der Waals surface area contributed by atoms with Crippen LogP contribution in [0.2, 0.25) is 0 Å². The van der Waals surface area contributed by atoms with Crippen molar-refractivity contribution in [3.05, 3.63) is 94.9 Å². The highest BCUT2D eigenvalue weighted by Crippen LogP contribution is 2.32. The molecule has 0 atom stereocenters. The minimum absolute atomic E-state index is 0.0695. The number of Topliss-reactive ketones (excluding diaryl/α,β-unsaturated/α-hetero) is 1. The molecule has 3 aromatic carbocycles. The lowest BCUT2D eigenvalue weighted by atomic mass is 10.0. The highest BCUT2D eigenvalue weighted by atomic mass is 32.2. The largest absolute Gasteiger partial charge is 0.485 e. The van der Waals surface area contributed by atoms with Crippen molar-refractivity contribution < 1.29 is 19.1 Å². The first-order valence-electron chi connectivity index (χ1n) is 10.7. The van der Waals surface area contributed by atoms with E-state index >= 15 is 0 Å². The summed E-state index contributed by atoms with van der Waals surface area (Å²) in [5, 5.41) is -0.233. The Bertz CT molecular complexity index is 1190. The third kappa shape index (κ3) is 5.41. The lowest BCUT2D eigenvalue weighted by Gasteiger charge is -2.09. The lowest BCUT2D eigenvalue weighted by molar-refractivity contribution is -0.122. The van der Waals surface area contributed by atoms with E-state index in [1.54, 1.807) is 30.3 Å². The summed E-state index contributed by atoms with van der Waals surface area (Å²) in [5.74, 6) is 0.194. The first-order valence-corrected chi connectivity index (χ1v) is 11.5.